The molecule has 0 radical (unpaired) electrons. The normalized spacial score (nSPS) is 11.5. The van der Waals surface area contributed by atoms with Gasteiger partial charge in [0.05, 0.1) is 33.6 Å². The van der Waals surface area contributed by atoms with Crippen LogP contribution in [-0.2, 0) is 0 Å². The van der Waals surface area contributed by atoms with Crippen molar-refractivity contribution >= 4 is 43.5 Å². The molecule has 4 nitrogen and oxygen atoms in total. The van der Waals surface area contributed by atoms with Crippen molar-refractivity contribution in [2.75, 3.05) is 0 Å². The van der Waals surface area contributed by atoms with Gasteiger partial charge in [0.25, 0.3) is 0 Å². The SMILES string of the molecule is c1ccc(-c2cc(-c3ccc(-c4ccc5c6ccc7c8ccccc8c(-c8ccccc8)nc7c6n(-c6ccccc6)c5c4)cc3)nc(-c3ccccc3)n2)cc1. The van der Waals surface area contributed by atoms with Gasteiger partial charge >= 0.3 is 0 Å². The van der Waals surface area contributed by atoms with Crippen molar-refractivity contribution in [2.45, 2.75) is 0 Å². The van der Waals surface area contributed by atoms with Crippen LogP contribution >= 0.6 is 0 Å². The minimum Gasteiger partial charge on any atom is -0.307 e. The lowest BCUT2D eigenvalue weighted by atomic mass is 9.98. The Hall–Kier alpha value is -7.69. The smallest absolute Gasteiger partial charge is 0.160 e. The van der Waals surface area contributed by atoms with Crippen LogP contribution in [-0.4, -0.2) is 19.5 Å². The molecule has 11 aromatic rings. The summed E-state index contributed by atoms with van der Waals surface area (Å²) in [5, 5.41) is 5.86. The summed E-state index contributed by atoms with van der Waals surface area (Å²) in [5.74, 6) is 0.709. The highest BCUT2D eigenvalue weighted by Gasteiger charge is 2.20. The summed E-state index contributed by atoms with van der Waals surface area (Å²) in [5.41, 5.74) is 13.6. The summed E-state index contributed by atoms with van der Waals surface area (Å²) in [4.78, 5) is 15.6. The standard InChI is InChI=1S/C53H34N4/c1-5-15-36(16-6-1)47-34-48(55-53(54-47)39-19-9-3-10-20-39)37-27-25-35(26-28-37)40-29-30-43-46-32-31-45-42-23-13-14-24-44(42)50(38-17-7-2-8-18-38)56-51(45)52(46)57(49(43)33-40)41-21-11-4-12-22-41/h1-34H. The minimum absolute atomic E-state index is 0.709. The average Bonchev–Trinajstić information content (AvgIpc) is 3.64. The Morgan fingerprint density at radius 2 is 0.825 bits per heavy atom. The average molecular weight is 727 g/mol. The van der Waals surface area contributed by atoms with Crippen molar-refractivity contribution in [3.63, 3.8) is 0 Å². The van der Waals surface area contributed by atoms with Crippen LogP contribution in [0.1, 0.15) is 0 Å². The fourth-order valence-corrected chi connectivity index (χ4v) is 8.26. The van der Waals surface area contributed by atoms with Crippen LogP contribution in [0.15, 0.2) is 206 Å². The van der Waals surface area contributed by atoms with E-state index in [9.17, 15) is 0 Å². The summed E-state index contributed by atoms with van der Waals surface area (Å²) in [7, 11) is 0. The van der Waals surface area contributed by atoms with E-state index in [1.807, 2.05) is 36.4 Å². The van der Waals surface area contributed by atoms with Crippen LogP contribution in [0.25, 0.3) is 105 Å². The third kappa shape index (κ3) is 5.66. The Morgan fingerprint density at radius 3 is 1.51 bits per heavy atom. The maximum absolute atomic E-state index is 5.52. The highest BCUT2D eigenvalue weighted by Crippen LogP contribution is 2.41. The predicted octanol–water partition coefficient (Wildman–Crippen LogP) is 13.6. The molecule has 8 aromatic carbocycles. The molecule has 0 aliphatic carbocycles. The molecule has 0 atom stereocenters. The fraction of sp³-hybridized carbons (Fsp3) is 0. The molecule has 0 bridgehead atoms. The molecular formula is C53H34N4. The zero-order valence-corrected chi connectivity index (χ0v) is 30.9. The van der Waals surface area contributed by atoms with E-state index in [0.29, 0.717) is 5.82 Å². The first-order valence-corrected chi connectivity index (χ1v) is 19.3. The molecule has 0 aliphatic heterocycles. The van der Waals surface area contributed by atoms with Crippen molar-refractivity contribution < 1.29 is 0 Å². The van der Waals surface area contributed by atoms with E-state index in [2.05, 4.69) is 174 Å². The second kappa shape index (κ2) is 13.6. The summed E-state index contributed by atoms with van der Waals surface area (Å²) < 4.78 is 2.40. The van der Waals surface area contributed by atoms with Crippen molar-refractivity contribution in [2.24, 2.45) is 0 Å². The Kier molecular flexibility index (Phi) is 7.78. The van der Waals surface area contributed by atoms with Crippen molar-refractivity contribution in [3.05, 3.63) is 206 Å². The van der Waals surface area contributed by atoms with Gasteiger partial charge in [-0.05, 0) is 40.8 Å². The number of para-hydroxylation sites is 1. The second-order valence-electron chi connectivity index (χ2n) is 14.4. The lowest BCUT2D eigenvalue weighted by molar-refractivity contribution is 1.18. The predicted molar refractivity (Wildman–Crippen MR) is 236 cm³/mol. The molecular weight excluding hydrogens is 693 g/mol. The van der Waals surface area contributed by atoms with Gasteiger partial charge in [0.15, 0.2) is 5.82 Å². The van der Waals surface area contributed by atoms with E-state index >= 15 is 0 Å². The van der Waals surface area contributed by atoms with Gasteiger partial charge in [-0.25, -0.2) is 15.0 Å². The first-order chi connectivity index (χ1) is 28.3. The zero-order valence-electron chi connectivity index (χ0n) is 30.9. The van der Waals surface area contributed by atoms with Gasteiger partial charge in [0, 0.05) is 49.5 Å². The summed E-state index contributed by atoms with van der Waals surface area (Å²) >= 11 is 0. The van der Waals surface area contributed by atoms with E-state index in [0.717, 1.165) is 83.5 Å². The van der Waals surface area contributed by atoms with Gasteiger partial charge in [-0.3, -0.25) is 0 Å². The molecule has 11 rings (SSSR count). The molecule has 3 aromatic heterocycles. The van der Waals surface area contributed by atoms with Gasteiger partial charge in [-0.1, -0.05) is 182 Å². The number of pyridine rings is 1. The molecule has 0 spiro atoms. The minimum atomic E-state index is 0.709. The summed E-state index contributed by atoms with van der Waals surface area (Å²) in [6, 6.07) is 72.6. The number of benzene rings is 8. The van der Waals surface area contributed by atoms with E-state index in [-0.39, 0.29) is 0 Å². The topological polar surface area (TPSA) is 43.6 Å². The van der Waals surface area contributed by atoms with Gasteiger partial charge in [0.1, 0.15) is 0 Å². The van der Waals surface area contributed by atoms with Crippen molar-refractivity contribution in [1.82, 2.24) is 19.5 Å². The number of aromatic nitrogens is 4. The van der Waals surface area contributed by atoms with Gasteiger partial charge in [0.2, 0.25) is 0 Å². The highest BCUT2D eigenvalue weighted by molar-refractivity contribution is 6.23. The molecule has 4 heteroatoms. The van der Waals surface area contributed by atoms with Crippen LogP contribution in [0.4, 0.5) is 0 Å². The van der Waals surface area contributed by atoms with Crippen LogP contribution < -0.4 is 0 Å². The molecule has 266 valence electrons. The lowest BCUT2D eigenvalue weighted by Gasteiger charge is -2.13. The second-order valence-corrected chi connectivity index (χ2v) is 14.4. The number of hydrogen-bond donors (Lipinski definition) is 0. The first-order valence-electron chi connectivity index (χ1n) is 19.3. The third-order valence-corrected chi connectivity index (χ3v) is 11.0. The van der Waals surface area contributed by atoms with E-state index in [4.69, 9.17) is 15.0 Å². The monoisotopic (exact) mass is 726 g/mol. The Balaban J connectivity index is 1.08. The van der Waals surface area contributed by atoms with Gasteiger partial charge in [-0.15, -0.1) is 0 Å². The molecule has 0 saturated heterocycles. The zero-order chi connectivity index (χ0) is 37.7. The first kappa shape index (κ1) is 32.7. The maximum Gasteiger partial charge on any atom is 0.160 e. The largest absolute Gasteiger partial charge is 0.307 e. The number of nitrogens with zero attached hydrogens (tertiary/aromatic N) is 4. The van der Waals surface area contributed by atoms with E-state index in [1.54, 1.807) is 0 Å². The highest BCUT2D eigenvalue weighted by atomic mass is 15.0. The molecule has 0 fully saturated rings. The Morgan fingerprint density at radius 1 is 0.316 bits per heavy atom. The molecule has 3 heterocycles. The molecule has 0 aliphatic rings. The number of fused-ring (bicyclic) bond motifs is 7. The van der Waals surface area contributed by atoms with Crippen LogP contribution in [0.5, 0.6) is 0 Å². The Bertz CT molecular complexity index is 3190. The van der Waals surface area contributed by atoms with Crippen LogP contribution in [0, 0.1) is 0 Å². The quantitative estimate of drug-likeness (QED) is 0.160. The molecule has 0 N–H and O–H groups in total. The van der Waals surface area contributed by atoms with E-state index < -0.39 is 0 Å². The van der Waals surface area contributed by atoms with Crippen molar-refractivity contribution in [1.29, 1.82) is 0 Å². The summed E-state index contributed by atoms with van der Waals surface area (Å²) in [6.07, 6.45) is 0. The molecule has 57 heavy (non-hydrogen) atoms. The lowest BCUT2D eigenvalue weighted by Crippen LogP contribution is -1.97. The van der Waals surface area contributed by atoms with Crippen LogP contribution in [0.2, 0.25) is 0 Å². The summed E-state index contributed by atoms with van der Waals surface area (Å²) in [6.45, 7) is 0. The third-order valence-electron chi connectivity index (χ3n) is 11.0. The maximum atomic E-state index is 5.52. The van der Waals surface area contributed by atoms with Gasteiger partial charge < -0.3 is 4.57 Å². The van der Waals surface area contributed by atoms with Crippen LogP contribution in [0.3, 0.4) is 0 Å². The molecule has 0 unspecified atom stereocenters. The number of hydrogen-bond acceptors (Lipinski definition) is 3. The fourth-order valence-electron chi connectivity index (χ4n) is 8.26. The van der Waals surface area contributed by atoms with Gasteiger partial charge in [-0.2, -0.15) is 0 Å². The van der Waals surface area contributed by atoms with Crippen molar-refractivity contribution in [3.8, 4) is 62.0 Å². The molecule has 0 amide bonds. The molecule has 0 saturated carbocycles. The number of rotatable bonds is 6. The van der Waals surface area contributed by atoms with E-state index in [1.165, 1.54) is 16.2 Å². The Labute approximate surface area is 330 Å².